The first-order valence-electron chi connectivity index (χ1n) is 9.77. The molecule has 0 bridgehead atoms. The predicted octanol–water partition coefficient (Wildman–Crippen LogP) is 6.74. The number of halogens is 1. The summed E-state index contributed by atoms with van der Waals surface area (Å²) in [5, 5.41) is 0. The molecule has 1 heterocycles. The fraction of sp³-hybridized carbons (Fsp3) is 0.120. The van der Waals surface area contributed by atoms with E-state index in [1.807, 2.05) is 66.7 Å². The molecule has 3 aromatic rings. The zero-order valence-electron chi connectivity index (χ0n) is 16.9. The van der Waals surface area contributed by atoms with Crippen molar-refractivity contribution >= 4 is 56.2 Å². The Balaban J connectivity index is 1.55. The van der Waals surface area contributed by atoms with Gasteiger partial charge in [0.25, 0.3) is 5.91 Å². The highest BCUT2D eigenvalue weighted by molar-refractivity contribution is 9.10. The van der Waals surface area contributed by atoms with E-state index in [0.29, 0.717) is 22.4 Å². The van der Waals surface area contributed by atoms with Crippen molar-refractivity contribution in [3.8, 4) is 5.75 Å². The van der Waals surface area contributed by atoms with E-state index in [0.717, 1.165) is 26.9 Å². The van der Waals surface area contributed by atoms with Crippen molar-refractivity contribution in [1.29, 1.82) is 0 Å². The quantitative estimate of drug-likeness (QED) is 0.272. The number of carbonyl (C=O) groups is 1. The van der Waals surface area contributed by atoms with Gasteiger partial charge in [-0.2, -0.15) is 0 Å². The van der Waals surface area contributed by atoms with Gasteiger partial charge >= 0.3 is 0 Å². The van der Waals surface area contributed by atoms with E-state index in [1.165, 1.54) is 17.3 Å². The summed E-state index contributed by atoms with van der Waals surface area (Å²) in [5.41, 5.74) is 4.18. The fourth-order valence-corrected chi connectivity index (χ4v) is 4.89. The first-order chi connectivity index (χ1) is 15.0. The third kappa shape index (κ3) is 5.45. The molecule has 1 fully saturated rings. The van der Waals surface area contributed by atoms with Crippen LogP contribution in [0.1, 0.15) is 22.3 Å². The van der Waals surface area contributed by atoms with Crippen molar-refractivity contribution in [3.63, 3.8) is 0 Å². The van der Waals surface area contributed by atoms with E-state index in [4.69, 9.17) is 17.0 Å². The average Bonchev–Trinajstić information content (AvgIpc) is 3.01. The van der Waals surface area contributed by atoms with Crippen LogP contribution < -0.4 is 4.74 Å². The van der Waals surface area contributed by atoms with Gasteiger partial charge in [-0.15, -0.1) is 0 Å². The predicted molar refractivity (Wildman–Crippen MR) is 135 cm³/mol. The molecular weight excluding hydrogens is 490 g/mol. The standard InChI is InChI=1S/C25H20BrNO2S2/c1-17-6-5-9-19(12-17)16-29-22-11-10-21(26)13-20(22)14-23-24(28)27(25(30)31-23)15-18-7-3-2-4-8-18/h2-14H,15-16H2,1H3/b23-14-. The molecule has 4 rings (SSSR count). The van der Waals surface area contributed by atoms with Crippen LogP contribution in [0.25, 0.3) is 6.08 Å². The number of rotatable bonds is 6. The second-order valence-electron chi connectivity index (χ2n) is 7.21. The van der Waals surface area contributed by atoms with E-state index in [2.05, 4.69) is 35.0 Å². The summed E-state index contributed by atoms with van der Waals surface area (Å²) < 4.78 is 7.58. The summed E-state index contributed by atoms with van der Waals surface area (Å²) in [6.45, 7) is 2.99. The first-order valence-corrected chi connectivity index (χ1v) is 11.8. The molecule has 1 saturated heterocycles. The maximum absolute atomic E-state index is 13.0. The number of hydrogen-bond acceptors (Lipinski definition) is 4. The number of amides is 1. The Morgan fingerprint density at radius 3 is 2.58 bits per heavy atom. The molecule has 1 aliphatic heterocycles. The van der Waals surface area contributed by atoms with Gasteiger partial charge in [-0.1, -0.05) is 100 Å². The monoisotopic (exact) mass is 509 g/mol. The smallest absolute Gasteiger partial charge is 0.266 e. The molecule has 0 radical (unpaired) electrons. The lowest BCUT2D eigenvalue weighted by Crippen LogP contribution is -2.27. The highest BCUT2D eigenvalue weighted by Gasteiger charge is 2.32. The molecule has 3 nitrogen and oxygen atoms in total. The maximum Gasteiger partial charge on any atom is 0.266 e. The van der Waals surface area contributed by atoms with Gasteiger partial charge < -0.3 is 4.74 Å². The average molecular weight is 510 g/mol. The lowest BCUT2D eigenvalue weighted by atomic mass is 10.1. The van der Waals surface area contributed by atoms with E-state index >= 15 is 0 Å². The Labute approximate surface area is 200 Å². The molecule has 3 aromatic carbocycles. The van der Waals surface area contributed by atoms with Crippen molar-refractivity contribution < 1.29 is 9.53 Å². The highest BCUT2D eigenvalue weighted by atomic mass is 79.9. The Kier molecular flexibility index (Phi) is 6.90. The molecule has 0 spiro atoms. The summed E-state index contributed by atoms with van der Waals surface area (Å²) in [6.07, 6.45) is 1.86. The zero-order valence-corrected chi connectivity index (χ0v) is 20.1. The van der Waals surface area contributed by atoms with Crippen LogP contribution in [0, 0.1) is 6.92 Å². The minimum Gasteiger partial charge on any atom is -0.488 e. The third-order valence-corrected chi connectivity index (χ3v) is 6.66. The molecule has 0 unspecified atom stereocenters. The number of benzene rings is 3. The SMILES string of the molecule is Cc1cccc(COc2ccc(Br)cc2/C=C2\SC(=S)N(Cc3ccccc3)C2=O)c1. The molecule has 1 aliphatic rings. The van der Waals surface area contributed by atoms with Gasteiger partial charge in [0.05, 0.1) is 11.4 Å². The van der Waals surface area contributed by atoms with E-state index in [1.54, 1.807) is 4.90 Å². The van der Waals surface area contributed by atoms with Crippen LogP contribution in [0.4, 0.5) is 0 Å². The summed E-state index contributed by atoms with van der Waals surface area (Å²) in [7, 11) is 0. The molecule has 0 aliphatic carbocycles. The maximum atomic E-state index is 13.0. The second kappa shape index (κ2) is 9.81. The second-order valence-corrected chi connectivity index (χ2v) is 9.80. The largest absolute Gasteiger partial charge is 0.488 e. The van der Waals surface area contributed by atoms with Crippen LogP contribution >= 0.6 is 39.9 Å². The van der Waals surface area contributed by atoms with Gasteiger partial charge in [0.1, 0.15) is 16.7 Å². The van der Waals surface area contributed by atoms with Crippen molar-refractivity contribution in [1.82, 2.24) is 4.90 Å². The summed E-state index contributed by atoms with van der Waals surface area (Å²) in [5.74, 6) is 0.640. The number of nitrogens with zero attached hydrogens (tertiary/aromatic N) is 1. The summed E-state index contributed by atoms with van der Waals surface area (Å²) in [4.78, 5) is 15.3. The van der Waals surface area contributed by atoms with Gasteiger partial charge in [-0.05, 0) is 42.3 Å². The first kappa shape index (κ1) is 21.8. The lowest BCUT2D eigenvalue weighted by molar-refractivity contribution is -0.122. The molecule has 6 heteroatoms. The van der Waals surface area contributed by atoms with Crippen LogP contribution in [0.3, 0.4) is 0 Å². The van der Waals surface area contributed by atoms with Crippen LogP contribution in [0.15, 0.2) is 82.2 Å². The van der Waals surface area contributed by atoms with Gasteiger partial charge in [0.15, 0.2) is 0 Å². The Bertz CT molecular complexity index is 1160. The fourth-order valence-electron chi connectivity index (χ4n) is 3.27. The van der Waals surface area contributed by atoms with Gasteiger partial charge in [0.2, 0.25) is 0 Å². The molecule has 0 N–H and O–H groups in total. The summed E-state index contributed by atoms with van der Waals surface area (Å²) >= 11 is 10.3. The van der Waals surface area contributed by atoms with Crippen LogP contribution in [0.5, 0.6) is 5.75 Å². The van der Waals surface area contributed by atoms with Crippen molar-refractivity contribution in [2.45, 2.75) is 20.1 Å². The van der Waals surface area contributed by atoms with Gasteiger partial charge in [-0.25, -0.2) is 0 Å². The molecular formula is C25H20BrNO2S2. The molecule has 31 heavy (non-hydrogen) atoms. The number of carbonyl (C=O) groups excluding carboxylic acids is 1. The normalized spacial score (nSPS) is 15.0. The lowest BCUT2D eigenvalue weighted by Gasteiger charge is -2.14. The number of aryl methyl sites for hydroxylation is 1. The van der Waals surface area contributed by atoms with E-state index < -0.39 is 0 Å². The zero-order chi connectivity index (χ0) is 21.8. The van der Waals surface area contributed by atoms with Gasteiger partial charge in [-0.3, -0.25) is 9.69 Å². The molecule has 156 valence electrons. The Hall–Kier alpha value is -2.41. The van der Waals surface area contributed by atoms with Crippen molar-refractivity contribution in [2.24, 2.45) is 0 Å². The third-order valence-electron chi connectivity index (χ3n) is 4.79. The van der Waals surface area contributed by atoms with E-state index in [-0.39, 0.29) is 5.91 Å². The van der Waals surface area contributed by atoms with Crippen molar-refractivity contribution in [3.05, 3.63) is 104 Å². The number of ether oxygens (including phenoxy) is 1. The molecule has 1 amide bonds. The van der Waals surface area contributed by atoms with E-state index in [9.17, 15) is 4.79 Å². The van der Waals surface area contributed by atoms with Crippen LogP contribution in [0.2, 0.25) is 0 Å². The minimum absolute atomic E-state index is 0.0801. The van der Waals surface area contributed by atoms with Crippen molar-refractivity contribution in [2.75, 3.05) is 0 Å². The number of thiocarbonyl (C=S) groups is 1. The van der Waals surface area contributed by atoms with Gasteiger partial charge in [0, 0.05) is 10.0 Å². The molecule has 0 aromatic heterocycles. The molecule has 0 atom stereocenters. The van der Waals surface area contributed by atoms with Crippen LogP contribution in [-0.4, -0.2) is 15.1 Å². The number of thioether (sulfide) groups is 1. The summed E-state index contributed by atoms with van der Waals surface area (Å²) in [6, 6.07) is 23.9. The number of hydrogen-bond donors (Lipinski definition) is 0. The minimum atomic E-state index is -0.0801. The Morgan fingerprint density at radius 2 is 1.81 bits per heavy atom. The van der Waals surface area contributed by atoms with Crippen LogP contribution in [-0.2, 0) is 17.9 Å². The molecule has 0 saturated carbocycles. The Morgan fingerprint density at radius 1 is 1.03 bits per heavy atom. The topological polar surface area (TPSA) is 29.5 Å². The highest BCUT2D eigenvalue weighted by Crippen LogP contribution is 2.36.